The number of H-pyrrole nitrogens is 1. The molecule has 7 heteroatoms. The molecule has 0 aliphatic rings. The molecule has 0 amide bonds. The number of guanidine groups is 1. The maximum absolute atomic E-state index is 13.5. The van der Waals surface area contributed by atoms with Crippen molar-refractivity contribution in [2.24, 2.45) is 10.9 Å². The molecule has 3 N–H and O–H groups in total. The highest BCUT2D eigenvalue weighted by molar-refractivity contribution is 5.83. The molecule has 2 aromatic heterocycles. The third kappa shape index (κ3) is 5.32. The molecule has 0 radical (unpaired) electrons. The summed E-state index contributed by atoms with van der Waals surface area (Å²) >= 11 is 0. The van der Waals surface area contributed by atoms with Crippen molar-refractivity contribution in [1.29, 1.82) is 0 Å². The predicted octanol–water partition coefficient (Wildman–Crippen LogP) is 2.94. The molecule has 0 aliphatic carbocycles. The zero-order valence-electron chi connectivity index (χ0n) is 15.9. The molecule has 3 aromatic rings. The second kappa shape index (κ2) is 9.21. The van der Waals surface area contributed by atoms with Gasteiger partial charge in [-0.1, -0.05) is 6.92 Å². The summed E-state index contributed by atoms with van der Waals surface area (Å²) in [5.74, 6) is 0.977. The minimum Gasteiger partial charge on any atom is -0.361 e. The number of fused-ring (bicyclic) bond motifs is 1. The van der Waals surface area contributed by atoms with Crippen LogP contribution in [0.5, 0.6) is 0 Å². The van der Waals surface area contributed by atoms with Gasteiger partial charge in [-0.15, -0.1) is 0 Å². The summed E-state index contributed by atoms with van der Waals surface area (Å²) < 4.78 is 15.4. The molecule has 0 saturated heterocycles. The van der Waals surface area contributed by atoms with Crippen molar-refractivity contribution in [3.05, 3.63) is 54.2 Å². The van der Waals surface area contributed by atoms with Gasteiger partial charge >= 0.3 is 0 Å². The number of aliphatic imine (C=N–C) groups is 1. The van der Waals surface area contributed by atoms with Gasteiger partial charge in [-0.2, -0.15) is 5.10 Å². The molecule has 0 fully saturated rings. The van der Waals surface area contributed by atoms with Gasteiger partial charge in [-0.25, -0.2) is 4.39 Å². The van der Waals surface area contributed by atoms with Crippen LogP contribution in [-0.2, 0) is 13.0 Å². The summed E-state index contributed by atoms with van der Waals surface area (Å²) in [5, 5.41) is 11.8. The summed E-state index contributed by atoms with van der Waals surface area (Å²) in [6.07, 6.45) is 6.49. The van der Waals surface area contributed by atoms with Crippen molar-refractivity contribution in [3.63, 3.8) is 0 Å². The highest BCUT2D eigenvalue weighted by atomic mass is 19.1. The molecule has 0 bridgehead atoms. The molecule has 3 rings (SSSR count). The molecule has 1 aromatic carbocycles. The van der Waals surface area contributed by atoms with Crippen LogP contribution in [0.3, 0.4) is 0 Å². The van der Waals surface area contributed by atoms with Crippen LogP contribution in [0.1, 0.15) is 19.4 Å². The fourth-order valence-electron chi connectivity index (χ4n) is 3.05. The Kier molecular flexibility index (Phi) is 6.46. The lowest BCUT2D eigenvalue weighted by Crippen LogP contribution is -2.38. The van der Waals surface area contributed by atoms with Crippen LogP contribution in [0.25, 0.3) is 10.9 Å². The van der Waals surface area contributed by atoms with E-state index in [0.29, 0.717) is 12.5 Å². The summed E-state index contributed by atoms with van der Waals surface area (Å²) in [7, 11) is 0. The van der Waals surface area contributed by atoms with E-state index >= 15 is 0 Å². The van der Waals surface area contributed by atoms with Gasteiger partial charge in [-0.3, -0.25) is 9.67 Å². The highest BCUT2D eigenvalue weighted by Gasteiger charge is 2.07. The molecule has 1 unspecified atom stereocenters. The predicted molar refractivity (Wildman–Crippen MR) is 107 cm³/mol. The zero-order valence-corrected chi connectivity index (χ0v) is 15.9. The minimum atomic E-state index is -0.211. The van der Waals surface area contributed by atoms with Gasteiger partial charge in [0.1, 0.15) is 5.82 Å². The molecule has 6 nitrogen and oxygen atoms in total. The fraction of sp³-hybridized carbons (Fsp3) is 0.400. The summed E-state index contributed by atoms with van der Waals surface area (Å²) in [6.45, 7) is 7.30. The van der Waals surface area contributed by atoms with E-state index in [0.717, 1.165) is 48.5 Å². The molecular formula is C20H27FN6. The van der Waals surface area contributed by atoms with Crippen LogP contribution in [0.4, 0.5) is 4.39 Å². The lowest BCUT2D eigenvalue weighted by atomic mass is 10.1. The number of rotatable bonds is 8. The smallest absolute Gasteiger partial charge is 0.191 e. The third-order valence-corrected chi connectivity index (χ3v) is 4.38. The number of aromatic amines is 1. The SMILES string of the molecule is CCNC(=NCC(C)Cn1cccn1)NCCc1c[nH]c2ccc(F)cc12. The molecular weight excluding hydrogens is 343 g/mol. The van der Waals surface area contributed by atoms with E-state index in [1.807, 2.05) is 30.1 Å². The Morgan fingerprint density at radius 1 is 1.37 bits per heavy atom. The van der Waals surface area contributed by atoms with Crippen molar-refractivity contribution in [2.75, 3.05) is 19.6 Å². The average Bonchev–Trinajstić information content (AvgIpc) is 3.29. The minimum absolute atomic E-state index is 0.211. The van der Waals surface area contributed by atoms with Gasteiger partial charge in [0, 0.05) is 55.7 Å². The molecule has 1 atom stereocenters. The third-order valence-electron chi connectivity index (χ3n) is 4.38. The van der Waals surface area contributed by atoms with E-state index in [-0.39, 0.29) is 5.82 Å². The standard InChI is InChI=1S/C20H27FN6/c1-3-22-20(25-12-15(2)14-27-10-4-8-26-27)23-9-7-16-13-24-19-6-5-17(21)11-18(16)19/h4-6,8,10-11,13,15,24H,3,7,9,12,14H2,1-2H3,(H2,22,23,25). The fourth-order valence-corrected chi connectivity index (χ4v) is 3.05. The van der Waals surface area contributed by atoms with E-state index in [1.54, 1.807) is 18.3 Å². The van der Waals surface area contributed by atoms with Gasteiger partial charge in [0.25, 0.3) is 0 Å². The normalized spacial score (nSPS) is 13.1. The lowest BCUT2D eigenvalue weighted by molar-refractivity contribution is 0.458. The van der Waals surface area contributed by atoms with Crippen LogP contribution in [0.15, 0.2) is 47.8 Å². The summed E-state index contributed by atoms with van der Waals surface area (Å²) in [5.41, 5.74) is 2.05. The molecule has 2 heterocycles. The Bertz CT molecular complexity index is 868. The number of nitrogens with one attached hydrogen (secondary N) is 3. The second-order valence-electron chi connectivity index (χ2n) is 6.73. The lowest BCUT2D eigenvalue weighted by Gasteiger charge is -2.13. The van der Waals surface area contributed by atoms with Gasteiger partial charge in [0.15, 0.2) is 5.96 Å². The number of hydrogen-bond donors (Lipinski definition) is 3. The van der Waals surface area contributed by atoms with Crippen LogP contribution in [0, 0.1) is 11.7 Å². The maximum Gasteiger partial charge on any atom is 0.191 e. The number of nitrogens with zero attached hydrogens (tertiary/aromatic N) is 3. The van der Waals surface area contributed by atoms with Crippen LogP contribution < -0.4 is 10.6 Å². The van der Waals surface area contributed by atoms with E-state index in [4.69, 9.17) is 0 Å². The highest BCUT2D eigenvalue weighted by Crippen LogP contribution is 2.19. The van der Waals surface area contributed by atoms with Crippen LogP contribution >= 0.6 is 0 Å². The number of benzene rings is 1. The molecule has 144 valence electrons. The molecule has 0 spiro atoms. The Labute approximate surface area is 158 Å². The van der Waals surface area contributed by atoms with E-state index in [1.165, 1.54) is 6.07 Å². The number of hydrogen-bond acceptors (Lipinski definition) is 2. The van der Waals surface area contributed by atoms with E-state index in [2.05, 4.69) is 32.6 Å². The first-order valence-corrected chi connectivity index (χ1v) is 9.41. The van der Waals surface area contributed by atoms with Gasteiger partial charge < -0.3 is 15.6 Å². The Morgan fingerprint density at radius 2 is 2.26 bits per heavy atom. The van der Waals surface area contributed by atoms with Crippen molar-refractivity contribution >= 4 is 16.9 Å². The van der Waals surface area contributed by atoms with Crippen LogP contribution in [0.2, 0.25) is 0 Å². The second-order valence-corrected chi connectivity index (χ2v) is 6.73. The monoisotopic (exact) mass is 370 g/mol. The summed E-state index contributed by atoms with van der Waals surface area (Å²) in [4.78, 5) is 7.87. The average molecular weight is 370 g/mol. The van der Waals surface area contributed by atoms with Crippen molar-refractivity contribution in [2.45, 2.75) is 26.8 Å². The zero-order chi connectivity index (χ0) is 19.1. The first-order chi connectivity index (χ1) is 13.2. The topological polar surface area (TPSA) is 70.0 Å². The van der Waals surface area contributed by atoms with Gasteiger partial charge in [-0.05, 0) is 49.1 Å². The maximum atomic E-state index is 13.5. The largest absolute Gasteiger partial charge is 0.361 e. The van der Waals surface area contributed by atoms with E-state index in [9.17, 15) is 4.39 Å². The Morgan fingerprint density at radius 3 is 3.04 bits per heavy atom. The quantitative estimate of drug-likeness (QED) is 0.422. The van der Waals surface area contributed by atoms with Crippen molar-refractivity contribution in [1.82, 2.24) is 25.4 Å². The Balaban J connectivity index is 1.53. The van der Waals surface area contributed by atoms with Gasteiger partial charge in [0.2, 0.25) is 0 Å². The molecule has 27 heavy (non-hydrogen) atoms. The first kappa shape index (κ1) is 18.9. The molecule has 0 aliphatic heterocycles. The molecule has 0 saturated carbocycles. The van der Waals surface area contributed by atoms with Gasteiger partial charge in [0.05, 0.1) is 0 Å². The number of halogens is 1. The van der Waals surface area contributed by atoms with Crippen LogP contribution in [-0.4, -0.2) is 40.4 Å². The van der Waals surface area contributed by atoms with Crippen molar-refractivity contribution in [3.8, 4) is 0 Å². The summed E-state index contributed by atoms with van der Waals surface area (Å²) in [6, 6.07) is 6.75. The first-order valence-electron chi connectivity index (χ1n) is 9.41. The Hall–Kier alpha value is -2.83. The number of aromatic nitrogens is 3. The van der Waals surface area contributed by atoms with E-state index < -0.39 is 0 Å². The van der Waals surface area contributed by atoms with Crippen molar-refractivity contribution < 1.29 is 4.39 Å².